The van der Waals surface area contributed by atoms with Crippen LogP contribution < -0.4 is 0 Å². The zero-order valence-corrected chi connectivity index (χ0v) is 9.99. The standard InChI is InChI=1S/C15H18O/c1-12-7-6-10-15(2,14(12)16)11-13-8-4-3-5-9-13/h3-5,7-9H,6,10-11H2,1-2H3. The Labute approximate surface area is 97.2 Å². The van der Waals surface area contributed by atoms with E-state index < -0.39 is 0 Å². The summed E-state index contributed by atoms with van der Waals surface area (Å²) in [6.07, 6.45) is 4.92. The Balaban J connectivity index is 2.21. The molecule has 2 rings (SSSR count). The van der Waals surface area contributed by atoms with E-state index >= 15 is 0 Å². The zero-order chi connectivity index (χ0) is 11.6. The Morgan fingerprint density at radius 1 is 1.25 bits per heavy atom. The summed E-state index contributed by atoms with van der Waals surface area (Å²) in [5, 5.41) is 0. The summed E-state index contributed by atoms with van der Waals surface area (Å²) in [5.41, 5.74) is 2.00. The van der Waals surface area contributed by atoms with Gasteiger partial charge in [0.2, 0.25) is 0 Å². The fourth-order valence-corrected chi connectivity index (χ4v) is 2.50. The van der Waals surface area contributed by atoms with Crippen LogP contribution in [0.25, 0.3) is 0 Å². The van der Waals surface area contributed by atoms with Crippen molar-refractivity contribution in [1.29, 1.82) is 0 Å². The summed E-state index contributed by atoms with van der Waals surface area (Å²) in [4.78, 5) is 12.2. The van der Waals surface area contributed by atoms with E-state index in [-0.39, 0.29) is 5.41 Å². The van der Waals surface area contributed by atoms with Crippen LogP contribution in [-0.4, -0.2) is 5.78 Å². The van der Waals surface area contributed by atoms with E-state index in [1.807, 2.05) is 25.1 Å². The fourth-order valence-electron chi connectivity index (χ4n) is 2.50. The quantitative estimate of drug-likeness (QED) is 0.736. The molecular formula is C15H18O. The van der Waals surface area contributed by atoms with Crippen LogP contribution in [-0.2, 0) is 11.2 Å². The van der Waals surface area contributed by atoms with E-state index in [4.69, 9.17) is 0 Å². The van der Waals surface area contributed by atoms with Crippen molar-refractivity contribution < 1.29 is 4.79 Å². The maximum atomic E-state index is 12.2. The predicted molar refractivity (Wildman–Crippen MR) is 66.3 cm³/mol. The Bertz CT molecular complexity index is 416. The molecule has 1 nitrogen and oxygen atoms in total. The Kier molecular flexibility index (Phi) is 2.95. The molecule has 1 atom stereocenters. The van der Waals surface area contributed by atoms with Gasteiger partial charge in [-0.05, 0) is 37.3 Å². The van der Waals surface area contributed by atoms with Gasteiger partial charge in [-0.1, -0.05) is 43.3 Å². The van der Waals surface area contributed by atoms with Gasteiger partial charge in [-0.15, -0.1) is 0 Å². The van der Waals surface area contributed by atoms with Crippen LogP contribution in [0.15, 0.2) is 42.0 Å². The van der Waals surface area contributed by atoms with E-state index in [2.05, 4.69) is 25.1 Å². The summed E-state index contributed by atoms with van der Waals surface area (Å²) in [6.45, 7) is 4.03. The summed E-state index contributed by atoms with van der Waals surface area (Å²) < 4.78 is 0. The first-order valence-electron chi connectivity index (χ1n) is 5.87. The van der Waals surface area contributed by atoms with E-state index in [1.165, 1.54) is 5.56 Å². The molecule has 1 aliphatic carbocycles. The van der Waals surface area contributed by atoms with Crippen LogP contribution >= 0.6 is 0 Å². The molecule has 1 heteroatoms. The van der Waals surface area contributed by atoms with Gasteiger partial charge < -0.3 is 0 Å². The lowest BCUT2D eigenvalue weighted by molar-refractivity contribution is -0.124. The van der Waals surface area contributed by atoms with Crippen molar-refractivity contribution in [3.05, 3.63) is 47.5 Å². The number of carbonyl (C=O) groups is 1. The van der Waals surface area contributed by atoms with Gasteiger partial charge in [0.25, 0.3) is 0 Å². The first-order chi connectivity index (χ1) is 7.62. The van der Waals surface area contributed by atoms with Crippen LogP contribution in [0.3, 0.4) is 0 Å². The molecule has 0 spiro atoms. The van der Waals surface area contributed by atoms with Crippen molar-refractivity contribution in [3.8, 4) is 0 Å². The molecule has 0 N–H and O–H groups in total. The van der Waals surface area contributed by atoms with Crippen molar-refractivity contribution in [2.75, 3.05) is 0 Å². The number of benzene rings is 1. The monoisotopic (exact) mass is 214 g/mol. The Hall–Kier alpha value is -1.37. The number of ketones is 1. The minimum atomic E-state index is -0.194. The molecule has 0 fully saturated rings. The van der Waals surface area contributed by atoms with Crippen molar-refractivity contribution in [1.82, 2.24) is 0 Å². The largest absolute Gasteiger partial charge is 0.294 e. The Morgan fingerprint density at radius 2 is 1.94 bits per heavy atom. The second kappa shape index (κ2) is 4.25. The lowest BCUT2D eigenvalue weighted by Crippen LogP contribution is -2.33. The highest BCUT2D eigenvalue weighted by atomic mass is 16.1. The molecule has 1 aromatic carbocycles. The first-order valence-corrected chi connectivity index (χ1v) is 5.87. The molecular weight excluding hydrogens is 196 g/mol. The number of carbonyl (C=O) groups excluding carboxylic acids is 1. The van der Waals surface area contributed by atoms with E-state index in [9.17, 15) is 4.79 Å². The van der Waals surface area contributed by atoms with Gasteiger partial charge in [0.15, 0.2) is 5.78 Å². The maximum absolute atomic E-state index is 12.2. The normalized spacial score (nSPS) is 25.4. The predicted octanol–water partition coefficient (Wildman–Crippen LogP) is 3.54. The third-order valence-corrected chi connectivity index (χ3v) is 3.49. The maximum Gasteiger partial charge on any atom is 0.164 e. The molecule has 1 unspecified atom stereocenters. The molecule has 84 valence electrons. The fraction of sp³-hybridized carbons (Fsp3) is 0.400. The van der Waals surface area contributed by atoms with Gasteiger partial charge in [-0.2, -0.15) is 0 Å². The van der Waals surface area contributed by atoms with E-state index in [0.29, 0.717) is 5.78 Å². The van der Waals surface area contributed by atoms with Crippen molar-refractivity contribution in [3.63, 3.8) is 0 Å². The second-order valence-electron chi connectivity index (χ2n) is 4.98. The number of hydrogen-bond acceptors (Lipinski definition) is 1. The average Bonchev–Trinajstić information content (AvgIpc) is 2.27. The highest BCUT2D eigenvalue weighted by Gasteiger charge is 2.35. The van der Waals surface area contributed by atoms with Crippen LogP contribution in [0.5, 0.6) is 0 Å². The molecule has 0 radical (unpaired) electrons. The lowest BCUT2D eigenvalue weighted by Gasteiger charge is -2.31. The molecule has 16 heavy (non-hydrogen) atoms. The minimum absolute atomic E-state index is 0.194. The van der Waals surface area contributed by atoms with Crippen LogP contribution in [0.4, 0.5) is 0 Å². The van der Waals surface area contributed by atoms with Gasteiger partial charge in [0, 0.05) is 5.41 Å². The molecule has 0 aromatic heterocycles. The van der Waals surface area contributed by atoms with E-state index in [0.717, 1.165) is 24.8 Å². The molecule has 0 saturated carbocycles. The minimum Gasteiger partial charge on any atom is -0.294 e. The third-order valence-electron chi connectivity index (χ3n) is 3.49. The van der Waals surface area contributed by atoms with E-state index in [1.54, 1.807) is 0 Å². The van der Waals surface area contributed by atoms with Gasteiger partial charge in [0.1, 0.15) is 0 Å². The second-order valence-corrected chi connectivity index (χ2v) is 4.98. The summed E-state index contributed by atoms with van der Waals surface area (Å²) in [6, 6.07) is 10.3. The van der Waals surface area contributed by atoms with Gasteiger partial charge in [-0.25, -0.2) is 0 Å². The molecule has 1 aliphatic rings. The van der Waals surface area contributed by atoms with Gasteiger partial charge in [-0.3, -0.25) is 4.79 Å². The lowest BCUT2D eigenvalue weighted by atomic mass is 9.71. The SMILES string of the molecule is CC1=CCCC(C)(Cc2ccccc2)C1=O. The third kappa shape index (κ3) is 2.08. The molecule has 0 heterocycles. The average molecular weight is 214 g/mol. The summed E-state index contributed by atoms with van der Waals surface area (Å²) in [5.74, 6) is 0.322. The molecule has 0 aliphatic heterocycles. The first kappa shape index (κ1) is 11.1. The topological polar surface area (TPSA) is 17.1 Å². The van der Waals surface area contributed by atoms with Crippen LogP contribution in [0.1, 0.15) is 32.3 Å². The van der Waals surface area contributed by atoms with Crippen molar-refractivity contribution in [2.24, 2.45) is 5.41 Å². The number of hydrogen-bond donors (Lipinski definition) is 0. The Morgan fingerprint density at radius 3 is 2.62 bits per heavy atom. The van der Waals surface area contributed by atoms with Crippen LogP contribution in [0.2, 0.25) is 0 Å². The molecule has 0 saturated heterocycles. The van der Waals surface area contributed by atoms with Gasteiger partial charge >= 0.3 is 0 Å². The highest BCUT2D eigenvalue weighted by Crippen LogP contribution is 2.35. The number of Topliss-reactive ketones (excluding diaryl/α,β-unsaturated/α-hetero) is 1. The zero-order valence-electron chi connectivity index (χ0n) is 9.99. The van der Waals surface area contributed by atoms with Crippen molar-refractivity contribution >= 4 is 5.78 Å². The number of rotatable bonds is 2. The van der Waals surface area contributed by atoms with Crippen molar-refractivity contribution in [2.45, 2.75) is 33.1 Å². The summed E-state index contributed by atoms with van der Waals surface area (Å²) in [7, 11) is 0. The van der Waals surface area contributed by atoms with Gasteiger partial charge in [0.05, 0.1) is 0 Å². The highest BCUT2D eigenvalue weighted by molar-refractivity contribution is 6.00. The molecule has 0 bridgehead atoms. The molecule has 1 aromatic rings. The van der Waals surface area contributed by atoms with Crippen LogP contribution in [0, 0.1) is 5.41 Å². The number of allylic oxidation sites excluding steroid dienone is 2. The smallest absolute Gasteiger partial charge is 0.164 e. The molecule has 0 amide bonds. The summed E-state index contributed by atoms with van der Waals surface area (Å²) >= 11 is 0.